The number of rotatable bonds is 8. The first-order valence-electron chi connectivity index (χ1n) is 9.02. The maximum Gasteiger partial charge on any atom is 0.341 e. The maximum atomic E-state index is 12.1. The predicted molar refractivity (Wildman–Crippen MR) is 117 cm³/mol. The molecular formula is C20H26N2O4S2. The van der Waals surface area contributed by atoms with E-state index in [4.69, 9.17) is 26.4 Å². The third-order valence-corrected chi connectivity index (χ3v) is 5.43. The van der Waals surface area contributed by atoms with Gasteiger partial charge in [-0.2, -0.15) is 0 Å². The van der Waals surface area contributed by atoms with Crippen LogP contribution in [0.4, 0.5) is 5.00 Å². The molecule has 2 aromatic rings. The van der Waals surface area contributed by atoms with Gasteiger partial charge >= 0.3 is 5.97 Å². The van der Waals surface area contributed by atoms with E-state index in [0.29, 0.717) is 41.2 Å². The molecule has 0 unspecified atom stereocenters. The molecule has 0 amide bonds. The normalized spacial score (nSPS) is 10.3. The van der Waals surface area contributed by atoms with Crippen LogP contribution in [0.5, 0.6) is 11.5 Å². The fourth-order valence-corrected chi connectivity index (χ4v) is 3.89. The van der Waals surface area contributed by atoms with Gasteiger partial charge in [-0.25, -0.2) is 4.79 Å². The molecule has 0 aliphatic rings. The minimum atomic E-state index is -0.375. The molecule has 8 heteroatoms. The van der Waals surface area contributed by atoms with Crippen molar-refractivity contribution in [2.45, 2.75) is 34.2 Å². The van der Waals surface area contributed by atoms with Crippen molar-refractivity contribution in [3.63, 3.8) is 0 Å². The highest BCUT2D eigenvalue weighted by molar-refractivity contribution is 7.80. The standard InChI is InChI=1S/C20H26N2O4S2/c1-6-25-15-9-8-14(10-16(15)26-7-2)11-21-20(27)22-18-17(19(23)24-5)12(3)13(4)28-18/h8-10H,6-7,11H2,1-5H3,(H2,21,22,27). The van der Waals surface area contributed by atoms with Crippen molar-refractivity contribution in [3.8, 4) is 11.5 Å². The van der Waals surface area contributed by atoms with Crippen molar-refractivity contribution < 1.29 is 19.0 Å². The lowest BCUT2D eigenvalue weighted by molar-refractivity contribution is 0.0601. The summed E-state index contributed by atoms with van der Waals surface area (Å²) >= 11 is 6.87. The average molecular weight is 423 g/mol. The number of carbonyl (C=O) groups is 1. The van der Waals surface area contributed by atoms with Crippen LogP contribution >= 0.6 is 23.6 Å². The Labute approximate surface area is 175 Å². The zero-order valence-corrected chi connectivity index (χ0v) is 18.4. The van der Waals surface area contributed by atoms with E-state index in [1.165, 1.54) is 18.4 Å². The molecule has 1 aromatic heterocycles. The number of anilines is 1. The zero-order valence-electron chi connectivity index (χ0n) is 16.8. The molecule has 2 rings (SSSR count). The van der Waals surface area contributed by atoms with Gasteiger partial charge in [-0.3, -0.25) is 0 Å². The number of ether oxygens (including phenoxy) is 3. The quantitative estimate of drug-likeness (QED) is 0.482. The van der Waals surface area contributed by atoms with E-state index in [2.05, 4.69) is 10.6 Å². The number of nitrogens with one attached hydrogen (secondary N) is 2. The van der Waals surface area contributed by atoms with Crippen LogP contribution in [0.3, 0.4) is 0 Å². The second kappa shape index (κ2) is 10.3. The molecule has 1 aromatic carbocycles. The first kappa shape index (κ1) is 22.0. The summed E-state index contributed by atoms with van der Waals surface area (Å²) < 4.78 is 16.1. The second-order valence-electron chi connectivity index (χ2n) is 5.93. The first-order chi connectivity index (χ1) is 13.4. The molecular weight excluding hydrogens is 396 g/mol. The highest BCUT2D eigenvalue weighted by atomic mass is 32.1. The smallest absolute Gasteiger partial charge is 0.341 e. The third-order valence-electron chi connectivity index (χ3n) is 4.06. The summed E-state index contributed by atoms with van der Waals surface area (Å²) in [6, 6.07) is 5.79. The van der Waals surface area contributed by atoms with Crippen LogP contribution in [0.25, 0.3) is 0 Å². The van der Waals surface area contributed by atoms with Gasteiger partial charge in [0.05, 0.1) is 25.9 Å². The van der Waals surface area contributed by atoms with Crippen molar-refractivity contribution in [2.75, 3.05) is 25.6 Å². The number of methoxy groups -OCH3 is 1. The lowest BCUT2D eigenvalue weighted by Gasteiger charge is -2.14. The SMILES string of the molecule is CCOc1ccc(CNC(=S)Nc2sc(C)c(C)c2C(=O)OC)cc1OCC. The minimum absolute atomic E-state index is 0.375. The Morgan fingerprint density at radius 3 is 2.46 bits per heavy atom. The van der Waals surface area contributed by atoms with E-state index in [0.717, 1.165) is 21.8 Å². The summed E-state index contributed by atoms with van der Waals surface area (Å²) in [5.74, 6) is 1.06. The molecule has 0 radical (unpaired) electrons. The van der Waals surface area contributed by atoms with Gasteiger partial charge in [0.25, 0.3) is 0 Å². The topological polar surface area (TPSA) is 68.8 Å². The lowest BCUT2D eigenvalue weighted by atomic mass is 10.1. The van der Waals surface area contributed by atoms with Crippen LogP contribution in [-0.4, -0.2) is 31.4 Å². The molecule has 0 atom stereocenters. The van der Waals surface area contributed by atoms with Gasteiger partial charge in [-0.05, 0) is 63.2 Å². The Balaban J connectivity index is 2.06. The fraction of sp³-hybridized carbons (Fsp3) is 0.400. The lowest BCUT2D eigenvalue weighted by Crippen LogP contribution is -2.28. The van der Waals surface area contributed by atoms with E-state index in [-0.39, 0.29) is 5.97 Å². The molecule has 0 fully saturated rings. The number of aryl methyl sites for hydroxylation is 1. The van der Waals surface area contributed by atoms with Crippen LogP contribution < -0.4 is 20.1 Å². The summed E-state index contributed by atoms with van der Waals surface area (Å²) in [6.45, 7) is 9.38. The highest BCUT2D eigenvalue weighted by Crippen LogP contribution is 2.33. The van der Waals surface area contributed by atoms with Crippen LogP contribution in [0.1, 0.15) is 40.2 Å². The van der Waals surface area contributed by atoms with E-state index in [1.807, 2.05) is 45.9 Å². The molecule has 6 nitrogen and oxygen atoms in total. The monoisotopic (exact) mass is 422 g/mol. The van der Waals surface area contributed by atoms with Gasteiger partial charge in [0.15, 0.2) is 16.6 Å². The molecule has 0 saturated heterocycles. The maximum absolute atomic E-state index is 12.1. The molecule has 0 spiro atoms. The van der Waals surface area contributed by atoms with E-state index in [9.17, 15) is 4.79 Å². The number of carbonyl (C=O) groups excluding carboxylic acids is 1. The summed E-state index contributed by atoms with van der Waals surface area (Å²) in [7, 11) is 1.37. The minimum Gasteiger partial charge on any atom is -0.490 e. The van der Waals surface area contributed by atoms with Gasteiger partial charge in [0, 0.05) is 11.4 Å². The van der Waals surface area contributed by atoms with E-state index < -0.39 is 0 Å². The number of thiocarbonyl (C=S) groups is 1. The Kier molecular flexibility index (Phi) is 8.07. The van der Waals surface area contributed by atoms with Crippen molar-refractivity contribution in [2.24, 2.45) is 0 Å². The highest BCUT2D eigenvalue weighted by Gasteiger charge is 2.20. The Hall–Kier alpha value is -2.32. The van der Waals surface area contributed by atoms with E-state index >= 15 is 0 Å². The Morgan fingerprint density at radius 1 is 1.14 bits per heavy atom. The predicted octanol–water partition coefficient (Wildman–Crippen LogP) is 4.44. The van der Waals surface area contributed by atoms with Crippen LogP contribution in [0.2, 0.25) is 0 Å². The largest absolute Gasteiger partial charge is 0.490 e. The fourth-order valence-electron chi connectivity index (χ4n) is 2.60. The average Bonchev–Trinajstić information content (AvgIpc) is 2.95. The summed E-state index contributed by atoms with van der Waals surface area (Å²) in [5, 5.41) is 7.38. The van der Waals surface area contributed by atoms with Crippen molar-refractivity contribution in [1.29, 1.82) is 0 Å². The molecule has 0 saturated carbocycles. The Morgan fingerprint density at radius 2 is 1.82 bits per heavy atom. The molecule has 28 heavy (non-hydrogen) atoms. The zero-order chi connectivity index (χ0) is 20.7. The molecule has 0 aliphatic carbocycles. The van der Waals surface area contributed by atoms with Crippen LogP contribution in [-0.2, 0) is 11.3 Å². The molecule has 0 bridgehead atoms. The molecule has 2 N–H and O–H groups in total. The van der Waals surface area contributed by atoms with E-state index in [1.54, 1.807) is 0 Å². The first-order valence-corrected chi connectivity index (χ1v) is 10.2. The summed E-state index contributed by atoms with van der Waals surface area (Å²) in [4.78, 5) is 13.1. The third kappa shape index (κ3) is 5.36. The van der Waals surface area contributed by atoms with Gasteiger partial charge in [-0.15, -0.1) is 11.3 Å². The van der Waals surface area contributed by atoms with Crippen molar-refractivity contribution in [3.05, 3.63) is 39.8 Å². The van der Waals surface area contributed by atoms with Crippen molar-refractivity contribution in [1.82, 2.24) is 5.32 Å². The molecule has 1 heterocycles. The van der Waals surface area contributed by atoms with Gasteiger partial charge in [-0.1, -0.05) is 6.07 Å². The Bertz CT molecular complexity index is 849. The second-order valence-corrected chi connectivity index (χ2v) is 7.57. The molecule has 152 valence electrons. The number of hydrogen-bond acceptors (Lipinski definition) is 6. The number of thiophene rings is 1. The van der Waals surface area contributed by atoms with Gasteiger partial charge in [0.2, 0.25) is 0 Å². The molecule has 0 aliphatic heterocycles. The van der Waals surface area contributed by atoms with Crippen molar-refractivity contribution >= 4 is 39.6 Å². The van der Waals surface area contributed by atoms with Gasteiger partial charge < -0.3 is 24.8 Å². The van der Waals surface area contributed by atoms with Crippen LogP contribution in [0, 0.1) is 13.8 Å². The summed E-state index contributed by atoms with van der Waals surface area (Å²) in [5.41, 5.74) is 2.42. The number of esters is 1. The number of benzene rings is 1. The summed E-state index contributed by atoms with van der Waals surface area (Å²) in [6.07, 6.45) is 0. The van der Waals surface area contributed by atoms with Crippen LogP contribution in [0.15, 0.2) is 18.2 Å². The number of hydrogen-bond donors (Lipinski definition) is 2. The van der Waals surface area contributed by atoms with Gasteiger partial charge in [0.1, 0.15) is 5.00 Å².